The van der Waals surface area contributed by atoms with Gasteiger partial charge >= 0.3 is 0 Å². The van der Waals surface area contributed by atoms with Gasteiger partial charge in [0.05, 0.1) is 21.2 Å². The maximum absolute atomic E-state index is 12.6. The van der Waals surface area contributed by atoms with Gasteiger partial charge in [0, 0.05) is 18.7 Å². The summed E-state index contributed by atoms with van der Waals surface area (Å²) >= 11 is 11.8. The second-order valence-electron chi connectivity index (χ2n) is 5.49. The molecule has 6 nitrogen and oxygen atoms in total. The second-order valence-corrected chi connectivity index (χ2v) is 8.24. The average molecular weight is 428 g/mol. The highest BCUT2D eigenvalue weighted by Crippen LogP contribution is 2.21. The summed E-state index contributed by atoms with van der Waals surface area (Å²) in [6, 6.07) is 10.8. The molecule has 1 amide bonds. The minimum atomic E-state index is -3.64. The first-order chi connectivity index (χ1) is 12.8. The lowest BCUT2D eigenvalue weighted by Crippen LogP contribution is -2.30. The molecule has 2 aromatic carbocycles. The number of hydrogen-bond acceptors (Lipinski definition) is 4. The Balaban J connectivity index is 2.15. The van der Waals surface area contributed by atoms with Gasteiger partial charge in [0.15, 0.2) is 0 Å². The van der Waals surface area contributed by atoms with Crippen molar-refractivity contribution in [1.82, 2.24) is 9.73 Å². The number of halogens is 2. The number of hydrogen-bond donors (Lipinski definition) is 1. The first-order valence-corrected chi connectivity index (χ1v) is 10.4. The highest BCUT2D eigenvalue weighted by atomic mass is 35.5. The van der Waals surface area contributed by atoms with Crippen LogP contribution in [0.4, 0.5) is 0 Å². The third kappa shape index (κ3) is 5.29. The van der Waals surface area contributed by atoms with Crippen molar-refractivity contribution in [2.75, 3.05) is 13.1 Å². The Morgan fingerprint density at radius 2 is 1.81 bits per heavy atom. The molecule has 0 aromatic heterocycles. The minimum absolute atomic E-state index is 0.0623. The molecule has 0 unspecified atom stereocenters. The zero-order valence-electron chi connectivity index (χ0n) is 14.8. The number of hydrazone groups is 1. The number of rotatable bonds is 7. The van der Waals surface area contributed by atoms with Gasteiger partial charge in [0.25, 0.3) is 5.91 Å². The highest BCUT2D eigenvalue weighted by Gasteiger charge is 2.22. The smallest absolute Gasteiger partial charge is 0.267 e. The molecule has 0 bridgehead atoms. The van der Waals surface area contributed by atoms with Crippen molar-refractivity contribution in [2.24, 2.45) is 5.10 Å². The summed E-state index contributed by atoms with van der Waals surface area (Å²) in [5, 5.41) is 4.66. The van der Waals surface area contributed by atoms with E-state index in [9.17, 15) is 13.2 Å². The summed E-state index contributed by atoms with van der Waals surface area (Å²) in [7, 11) is -3.64. The molecule has 0 atom stereocenters. The van der Waals surface area contributed by atoms with Crippen LogP contribution in [0.25, 0.3) is 0 Å². The number of nitrogens with zero attached hydrogens (tertiary/aromatic N) is 2. The van der Waals surface area contributed by atoms with Gasteiger partial charge < -0.3 is 0 Å². The summed E-state index contributed by atoms with van der Waals surface area (Å²) in [5.74, 6) is -0.525. The Kier molecular flexibility index (Phi) is 7.38. The van der Waals surface area contributed by atoms with Crippen molar-refractivity contribution in [3.05, 3.63) is 63.6 Å². The van der Waals surface area contributed by atoms with Gasteiger partial charge in [-0.1, -0.05) is 49.2 Å². The summed E-state index contributed by atoms with van der Waals surface area (Å²) in [4.78, 5) is 12.3. The molecule has 27 heavy (non-hydrogen) atoms. The van der Waals surface area contributed by atoms with E-state index in [1.54, 1.807) is 32.0 Å². The molecule has 0 aliphatic heterocycles. The monoisotopic (exact) mass is 427 g/mol. The van der Waals surface area contributed by atoms with Gasteiger partial charge in [0.2, 0.25) is 10.0 Å². The number of amides is 1. The van der Waals surface area contributed by atoms with Crippen molar-refractivity contribution in [2.45, 2.75) is 18.7 Å². The van der Waals surface area contributed by atoms with Crippen LogP contribution in [0.15, 0.2) is 52.5 Å². The number of carbonyl (C=O) groups is 1. The molecule has 0 spiro atoms. The van der Waals surface area contributed by atoms with Crippen molar-refractivity contribution < 1.29 is 13.2 Å². The van der Waals surface area contributed by atoms with Gasteiger partial charge in [-0.2, -0.15) is 9.41 Å². The highest BCUT2D eigenvalue weighted by molar-refractivity contribution is 7.89. The van der Waals surface area contributed by atoms with E-state index in [1.165, 1.54) is 34.8 Å². The third-order valence-electron chi connectivity index (χ3n) is 3.76. The zero-order valence-corrected chi connectivity index (χ0v) is 17.1. The van der Waals surface area contributed by atoms with E-state index >= 15 is 0 Å². The predicted octanol–water partition coefficient (Wildman–Crippen LogP) is 3.79. The van der Waals surface area contributed by atoms with E-state index < -0.39 is 15.9 Å². The standard InChI is InChI=1S/C18H19Cl2N3O3S/c1-3-23(4-2)27(25,26)15-7-5-6-14(11-15)18(24)22-21-12-13-8-9-16(19)17(20)10-13/h5-12H,3-4H2,1-2H3,(H,22,24)/b21-12+. The predicted molar refractivity (Wildman–Crippen MR) is 108 cm³/mol. The second kappa shape index (κ2) is 9.32. The molecular weight excluding hydrogens is 409 g/mol. The van der Waals surface area contributed by atoms with Crippen molar-refractivity contribution in [1.29, 1.82) is 0 Å². The van der Waals surface area contributed by atoms with Crippen molar-refractivity contribution in [3.8, 4) is 0 Å². The van der Waals surface area contributed by atoms with Crippen LogP contribution in [0.3, 0.4) is 0 Å². The quantitative estimate of drug-likeness (QED) is 0.539. The van der Waals surface area contributed by atoms with E-state index in [4.69, 9.17) is 23.2 Å². The summed E-state index contributed by atoms with van der Waals surface area (Å²) in [6.07, 6.45) is 1.41. The van der Waals surface area contributed by atoms with E-state index in [0.717, 1.165) is 0 Å². The lowest BCUT2D eigenvalue weighted by Gasteiger charge is -2.18. The number of benzene rings is 2. The summed E-state index contributed by atoms with van der Waals surface area (Å²) in [5.41, 5.74) is 3.21. The largest absolute Gasteiger partial charge is 0.271 e. The summed E-state index contributed by atoms with van der Waals surface area (Å²) in [6.45, 7) is 4.22. The van der Waals surface area contributed by atoms with Crippen LogP contribution in [0.2, 0.25) is 10.0 Å². The Hall–Kier alpha value is -1.93. The molecule has 0 aliphatic rings. The number of sulfonamides is 1. The molecule has 2 aromatic rings. The maximum Gasteiger partial charge on any atom is 0.271 e. The summed E-state index contributed by atoms with van der Waals surface area (Å²) < 4.78 is 26.5. The van der Waals surface area contributed by atoms with Gasteiger partial charge in [-0.05, 0) is 35.9 Å². The lowest BCUT2D eigenvalue weighted by atomic mass is 10.2. The fourth-order valence-corrected chi connectivity index (χ4v) is 4.14. The van der Waals surface area contributed by atoms with Crippen LogP contribution in [-0.2, 0) is 10.0 Å². The van der Waals surface area contributed by atoms with Gasteiger partial charge in [-0.25, -0.2) is 13.8 Å². The SMILES string of the molecule is CCN(CC)S(=O)(=O)c1cccc(C(=O)N/N=C/c2ccc(Cl)c(Cl)c2)c1. The van der Waals surface area contributed by atoms with Crippen LogP contribution in [-0.4, -0.2) is 37.9 Å². The molecular formula is C18H19Cl2N3O3S. The molecule has 9 heteroatoms. The fourth-order valence-electron chi connectivity index (χ4n) is 2.33. The topological polar surface area (TPSA) is 78.8 Å². The average Bonchev–Trinajstić information content (AvgIpc) is 2.65. The number of carbonyl (C=O) groups excluding carboxylic acids is 1. The van der Waals surface area contributed by atoms with Gasteiger partial charge in [0.1, 0.15) is 0 Å². The Morgan fingerprint density at radius 3 is 2.44 bits per heavy atom. The molecule has 0 fully saturated rings. The molecule has 0 aliphatic carbocycles. The van der Waals surface area contributed by atoms with E-state index in [-0.39, 0.29) is 10.5 Å². The molecule has 1 N–H and O–H groups in total. The van der Waals surface area contributed by atoms with Crippen LogP contribution < -0.4 is 5.43 Å². The fraction of sp³-hybridized carbons (Fsp3) is 0.222. The third-order valence-corrected chi connectivity index (χ3v) is 6.55. The van der Waals surface area contributed by atoms with Crippen molar-refractivity contribution >= 4 is 45.3 Å². The van der Waals surface area contributed by atoms with Crippen LogP contribution in [0, 0.1) is 0 Å². The molecule has 0 heterocycles. The number of nitrogens with one attached hydrogen (secondary N) is 1. The Bertz CT molecular complexity index is 958. The lowest BCUT2D eigenvalue weighted by molar-refractivity contribution is 0.0955. The van der Waals surface area contributed by atoms with E-state index in [2.05, 4.69) is 10.5 Å². The molecule has 0 saturated heterocycles. The zero-order chi connectivity index (χ0) is 20.0. The molecule has 2 rings (SSSR count). The minimum Gasteiger partial charge on any atom is -0.267 e. The van der Waals surface area contributed by atoms with Crippen LogP contribution >= 0.6 is 23.2 Å². The van der Waals surface area contributed by atoms with Gasteiger partial charge in [-0.3, -0.25) is 4.79 Å². The molecule has 0 saturated carbocycles. The maximum atomic E-state index is 12.6. The molecule has 144 valence electrons. The Labute approximate surface area is 168 Å². The molecule has 0 radical (unpaired) electrons. The van der Waals surface area contributed by atoms with E-state index in [0.29, 0.717) is 28.7 Å². The Morgan fingerprint density at radius 1 is 1.11 bits per heavy atom. The van der Waals surface area contributed by atoms with Gasteiger partial charge in [-0.15, -0.1) is 0 Å². The van der Waals surface area contributed by atoms with Crippen LogP contribution in [0.5, 0.6) is 0 Å². The van der Waals surface area contributed by atoms with Crippen molar-refractivity contribution in [3.63, 3.8) is 0 Å². The first kappa shape index (κ1) is 21.4. The van der Waals surface area contributed by atoms with Crippen LogP contribution in [0.1, 0.15) is 29.8 Å². The first-order valence-electron chi connectivity index (χ1n) is 8.18. The van der Waals surface area contributed by atoms with E-state index in [1.807, 2.05) is 0 Å². The normalized spacial score (nSPS) is 11.9.